The number of carbonyl (C=O) groups is 3. The molecule has 1 atom stereocenters. The molecule has 0 radical (unpaired) electrons. The molecule has 0 fully saturated rings. The van der Waals surface area contributed by atoms with E-state index in [-0.39, 0.29) is 12.0 Å². The molecule has 0 aromatic carbocycles. The average Bonchev–Trinajstić information content (AvgIpc) is 3.30. The lowest BCUT2D eigenvalue weighted by atomic mass is 10.1. The summed E-state index contributed by atoms with van der Waals surface area (Å²) in [6.45, 7) is 0. The lowest BCUT2D eigenvalue weighted by Crippen LogP contribution is -2.47. The smallest absolute Gasteiger partial charge is 0.287 e. The lowest BCUT2D eigenvalue weighted by molar-refractivity contribution is -0.137. The van der Waals surface area contributed by atoms with Crippen LogP contribution in [0.4, 0.5) is 0 Å². The zero-order chi connectivity index (χ0) is 19.4. The van der Waals surface area contributed by atoms with Gasteiger partial charge < -0.3 is 11.1 Å². The van der Waals surface area contributed by atoms with Gasteiger partial charge in [0.1, 0.15) is 6.04 Å². The molecule has 0 aliphatic carbocycles. The fourth-order valence-electron chi connectivity index (χ4n) is 2.66. The van der Waals surface area contributed by atoms with Crippen LogP contribution in [0, 0.1) is 0 Å². The van der Waals surface area contributed by atoms with E-state index in [2.05, 4.69) is 15.4 Å². The maximum absolute atomic E-state index is 12.8. The third-order valence-corrected chi connectivity index (χ3v) is 4.84. The molecule has 8 nitrogen and oxygen atoms in total. The zero-order valence-corrected chi connectivity index (χ0v) is 15.3. The minimum absolute atomic E-state index is 0.185. The highest BCUT2D eigenvalue weighted by Crippen LogP contribution is 2.21. The Morgan fingerprint density at radius 2 is 2.07 bits per heavy atom. The Bertz CT molecular complexity index is 966. The number of nitrogens with two attached hydrogens (primary N) is 1. The van der Waals surface area contributed by atoms with Crippen molar-refractivity contribution in [2.45, 2.75) is 12.5 Å². The highest BCUT2D eigenvalue weighted by molar-refractivity contribution is 7.09. The highest BCUT2D eigenvalue weighted by Gasteiger charge is 2.28. The second-order valence-corrected chi connectivity index (χ2v) is 6.82. The number of nitrogens with one attached hydrogen (secondary N) is 1. The minimum atomic E-state index is -1.09. The van der Waals surface area contributed by atoms with Gasteiger partial charge in [-0.3, -0.25) is 24.0 Å². The molecule has 1 unspecified atom stereocenters. The third kappa shape index (κ3) is 4.09. The van der Waals surface area contributed by atoms with Crippen LogP contribution < -0.4 is 11.1 Å². The van der Waals surface area contributed by atoms with Crippen LogP contribution in [0.5, 0.6) is 0 Å². The quantitative estimate of drug-likeness (QED) is 0.588. The summed E-state index contributed by atoms with van der Waals surface area (Å²) in [4.78, 5) is 41.5. The van der Waals surface area contributed by atoms with Crippen LogP contribution in [0.25, 0.3) is 11.4 Å². The number of hydrogen-bond acceptors (Lipinski definition) is 6. The van der Waals surface area contributed by atoms with Gasteiger partial charge in [0.15, 0.2) is 0 Å². The van der Waals surface area contributed by atoms with Crippen LogP contribution in [0.2, 0.25) is 0 Å². The first-order chi connectivity index (χ1) is 13.0. The molecule has 3 aromatic rings. The van der Waals surface area contributed by atoms with Crippen LogP contribution in [-0.2, 0) is 23.1 Å². The second kappa shape index (κ2) is 7.92. The van der Waals surface area contributed by atoms with Crippen molar-refractivity contribution in [2.75, 3.05) is 0 Å². The van der Waals surface area contributed by atoms with Crippen molar-refractivity contribution in [1.29, 1.82) is 0 Å². The molecule has 0 aliphatic rings. The molecule has 0 spiro atoms. The van der Waals surface area contributed by atoms with Crippen molar-refractivity contribution in [2.24, 2.45) is 12.8 Å². The Kier molecular flexibility index (Phi) is 5.41. The van der Waals surface area contributed by atoms with Gasteiger partial charge in [-0.05, 0) is 23.6 Å². The number of nitrogens with zero attached hydrogens (tertiary/aromatic N) is 3. The molecule has 0 saturated heterocycles. The number of hydrogen-bond donors (Lipinski definition) is 2. The molecular weight excluding hydrogens is 366 g/mol. The van der Waals surface area contributed by atoms with Crippen molar-refractivity contribution in [3.8, 4) is 11.4 Å². The topological polar surface area (TPSA) is 120 Å². The molecule has 3 aromatic heterocycles. The molecule has 2 amide bonds. The van der Waals surface area contributed by atoms with Gasteiger partial charge in [0, 0.05) is 24.5 Å². The van der Waals surface area contributed by atoms with Gasteiger partial charge >= 0.3 is 0 Å². The summed E-state index contributed by atoms with van der Waals surface area (Å²) in [6.07, 6.45) is 3.20. The summed E-state index contributed by atoms with van der Waals surface area (Å²) in [5.41, 5.74) is 6.47. The Balaban J connectivity index is 1.88. The Morgan fingerprint density at radius 1 is 1.26 bits per heavy atom. The van der Waals surface area contributed by atoms with E-state index in [0.29, 0.717) is 11.4 Å². The van der Waals surface area contributed by atoms with Crippen LogP contribution in [0.1, 0.15) is 15.2 Å². The predicted octanol–water partition coefficient (Wildman–Crippen LogP) is 0.939. The summed E-state index contributed by atoms with van der Waals surface area (Å²) >= 11 is 1.43. The maximum Gasteiger partial charge on any atom is 0.287 e. The molecule has 0 saturated carbocycles. The van der Waals surface area contributed by atoms with Gasteiger partial charge in [-0.15, -0.1) is 11.3 Å². The molecule has 27 heavy (non-hydrogen) atoms. The summed E-state index contributed by atoms with van der Waals surface area (Å²) in [7, 11) is 1.69. The maximum atomic E-state index is 12.8. The number of aromatic nitrogens is 3. The van der Waals surface area contributed by atoms with Crippen LogP contribution in [-0.4, -0.2) is 38.4 Å². The van der Waals surface area contributed by atoms with E-state index >= 15 is 0 Å². The van der Waals surface area contributed by atoms with Gasteiger partial charge in [-0.1, -0.05) is 12.1 Å². The van der Waals surface area contributed by atoms with Crippen molar-refractivity contribution in [1.82, 2.24) is 20.1 Å². The highest BCUT2D eigenvalue weighted by atomic mass is 32.1. The molecule has 0 bridgehead atoms. The zero-order valence-electron chi connectivity index (χ0n) is 14.5. The molecule has 0 aliphatic heterocycles. The number of aryl methyl sites for hydroxylation is 1. The summed E-state index contributed by atoms with van der Waals surface area (Å²) < 4.78 is 1.53. The minimum Gasteiger partial charge on any atom is -0.363 e. The van der Waals surface area contributed by atoms with E-state index in [1.807, 2.05) is 17.5 Å². The number of rotatable bonds is 7. The number of carbonyl (C=O) groups excluding carboxylic acids is 3. The van der Waals surface area contributed by atoms with E-state index in [1.54, 1.807) is 31.4 Å². The summed E-state index contributed by atoms with van der Waals surface area (Å²) in [5, 5.41) is 8.58. The fourth-order valence-corrected chi connectivity index (χ4v) is 3.41. The van der Waals surface area contributed by atoms with Gasteiger partial charge in [0.25, 0.3) is 11.8 Å². The van der Waals surface area contributed by atoms with E-state index in [1.165, 1.54) is 22.2 Å². The van der Waals surface area contributed by atoms with Crippen molar-refractivity contribution in [3.63, 3.8) is 0 Å². The van der Waals surface area contributed by atoms with Gasteiger partial charge in [-0.2, -0.15) is 5.10 Å². The number of Topliss-reactive ketones (excluding diaryl/α,β-unsaturated/α-hetero) is 1. The fraction of sp³-hybridized carbons (Fsp3) is 0.167. The molecular formula is C18H17N5O3S. The Hall–Kier alpha value is -3.33. The molecule has 3 rings (SSSR count). The largest absolute Gasteiger partial charge is 0.363 e. The van der Waals surface area contributed by atoms with Crippen molar-refractivity contribution >= 4 is 28.9 Å². The van der Waals surface area contributed by atoms with Gasteiger partial charge in [-0.25, -0.2) is 0 Å². The van der Waals surface area contributed by atoms with Gasteiger partial charge in [0.05, 0.1) is 23.1 Å². The number of thiophene rings is 1. The van der Waals surface area contributed by atoms with E-state index in [9.17, 15) is 14.4 Å². The number of pyridine rings is 1. The molecule has 3 heterocycles. The molecule has 9 heteroatoms. The van der Waals surface area contributed by atoms with E-state index < -0.39 is 23.6 Å². The summed E-state index contributed by atoms with van der Waals surface area (Å²) in [5.74, 6) is -2.46. The standard InChI is InChI=1S/C18H17N5O3S/c1-23-15(13-6-2-3-7-20-13)12(10-21-23)18(26)22-14(16(24)17(19)25)9-11-5-4-8-27-11/h2-8,10,14H,9H2,1H3,(H2,19,25)(H,22,26). The summed E-state index contributed by atoms with van der Waals surface area (Å²) in [6, 6.07) is 7.92. The first-order valence-electron chi connectivity index (χ1n) is 8.07. The third-order valence-electron chi connectivity index (χ3n) is 3.94. The van der Waals surface area contributed by atoms with Gasteiger partial charge in [0.2, 0.25) is 5.78 Å². The number of amides is 2. The van der Waals surface area contributed by atoms with E-state index in [4.69, 9.17) is 5.73 Å². The first-order valence-corrected chi connectivity index (χ1v) is 8.95. The van der Waals surface area contributed by atoms with Crippen LogP contribution >= 0.6 is 11.3 Å². The lowest BCUT2D eigenvalue weighted by Gasteiger charge is -2.15. The van der Waals surface area contributed by atoms with Crippen LogP contribution in [0.3, 0.4) is 0 Å². The normalized spacial score (nSPS) is 11.7. The van der Waals surface area contributed by atoms with Crippen molar-refractivity contribution in [3.05, 3.63) is 58.5 Å². The molecule has 3 N–H and O–H groups in total. The van der Waals surface area contributed by atoms with Crippen molar-refractivity contribution < 1.29 is 14.4 Å². The van der Waals surface area contributed by atoms with E-state index in [0.717, 1.165) is 4.88 Å². The average molecular weight is 383 g/mol. The van der Waals surface area contributed by atoms with Crippen LogP contribution in [0.15, 0.2) is 48.1 Å². The Morgan fingerprint density at radius 3 is 2.70 bits per heavy atom. The number of primary amides is 1. The predicted molar refractivity (Wildman–Crippen MR) is 99.9 cm³/mol. The second-order valence-electron chi connectivity index (χ2n) is 5.78. The number of ketones is 1. The monoisotopic (exact) mass is 383 g/mol. The molecule has 138 valence electrons. The first kappa shape index (κ1) is 18.5. The SMILES string of the molecule is Cn1ncc(C(=O)NC(Cc2cccs2)C(=O)C(N)=O)c1-c1ccccn1. The Labute approximate surface area is 159 Å².